The van der Waals surface area contributed by atoms with Crippen molar-refractivity contribution in [2.24, 2.45) is 5.92 Å². The third-order valence-corrected chi connectivity index (χ3v) is 5.34. The van der Waals surface area contributed by atoms with E-state index in [1.54, 1.807) is 7.11 Å². The largest absolute Gasteiger partial charge is 0.441 e. The minimum absolute atomic E-state index is 0.0411. The summed E-state index contributed by atoms with van der Waals surface area (Å²) in [6.07, 6.45) is 2.81. The molecule has 0 spiro atoms. The zero-order valence-electron chi connectivity index (χ0n) is 17.2. The van der Waals surface area contributed by atoms with Gasteiger partial charge in [-0.15, -0.1) is 0 Å². The SMILES string of the molecule is COCCCNC(=O)C1CCCN(Cc2nc(-c3ccccc3C)oc2C)C1. The van der Waals surface area contributed by atoms with Crippen molar-refractivity contribution in [1.29, 1.82) is 0 Å². The highest BCUT2D eigenvalue weighted by atomic mass is 16.5. The number of rotatable bonds is 8. The van der Waals surface area contributed by atoms with E-state index >= 15 is 0 Å². The molecule has 1 saturated heterocycles. The molecule has 2 aromatic rings. The molecule has 0 saturated carbocycles. The van der Waals surface area contributed by atoms with Crippen LogP contribution < -0.4 is 5.32 Å². The number of likely N-dealkylation sites (tertiary alicyclic amines) is 1. The van der Waals surface area contributed by atoms with Crippen molar-refractivity contribution >= 4 is 5.91 Å². The van der Waals surface area contributed by atoms with Gasteiger partial charge in [0.15, 0.2) is 0 Å². The molecule has 6 nitrogen and oxygen atoms in total. The number of hydrogen-bond acceptors (Lipinski definition) is 5. The molecule has 1 fully saturated rings. The van der Waals surface area contributed by atoms with Crippen LogP contribution in [0.1, 0.15) is 36.3 Å². The Hall–Kier alpha value is -2.18. The third kappa shape index (κ3) is 5.20. The average molecular weight is 386 g/mol. The van der Waals surface area contributed by atoms with E-state index in [1.807, 2.05) is 25.1 Å². The van der Waals surface area contributed by atoms with Crippen LogP contribution in [0.3, 0.4) is 0 Å². The Labute approximate surface area is 167 Å². The molecule has 0 aliphatic carbocycles. The van der Waals surface area contributed by atoms with E-state index in [4.69, 9.17) is 14.1 Å². The molecular formula is C22H31N3O3. The number of amides is 1. The first-order valence-corrected chi connectivity index (χ1v) is 10.1. The third-order valence-electron chi connectivity index (χ3n) is 5.34. The molecular weight excluding hydrogens is 354 g/mol. The van der Waals surface area contributed by atoms with Crippen LogP contribution in [-0.4, -0.2) is 49.1 Å². The van der Waals surface area contributed by atoms with Crippen molar-refractivity contribution in [3.63, 3.8) is 0 Å². The molecule has 6 heteroatoms. The number of ether oxygens (including phenoxy) is 1. The standard InChI is InChI=1S/C22H31N3O3/c1-16-8-4-5-10-19(16)22-24-20(17(2)28-22)15-25-12-6-9-18(14-25)21(26)23-11-7-13-27-3/h4-5,8,10,18H,6-7,9,11-15H2,1-3H3,(H,23,26). The molecule has 3 rings (SSSR count). The second-order valence-electron chi connectivity index (χ2n) is 7.55. The first-order chi connectivity index (χ1) is 13.6. The predicted octanol–water partition coefficient (Wildman–Crippen LogP) is 3.32. The lowest BCUT2D eigenvalue weighted by Gasteiger charge is -2.31. The van der Waals surface area contributed by atoms with E-state index in [-0.39, 0.29) is 11.8 Å². The number of nitrogens with zero attached hydrogens (tertiary/aromatic N) is 2. The summed E-state index contributed by atoms with van der Waals surface area (Å²) in [7, 11) is 1.68. The molecule has 1 N–H and O–H groups in total. The fraction of sp³-hybridized carbons (Fsp3) is 0.545. The summed E-state index contributed by atoms with van der Waals surface area (Å²) in [5, 5.41) is 3.04. The Kier molecular flexibility index (Phi) is 7.23. The lowest BCUT2D eigenvalue weighted by molar-refractivity contribution is -0.126. The summed E-state index contributed by atoms with van der Waals surface area (Å²) < 4.78 is 11.0. The molecule has 1 aromatic carbocycles. The van der Waals surface area contributed by atoms with Gasteiger partial charge in [-0.05, 0) is 51.3 Å². The Morgan fingerprint density at radius 1 is 1.36 bits per heavy atom. The zero-order chi connectivity index (χ0) is 19.9. The molecule has 152 valence electrons. The number of piperidine rings is 1. The topological polar surface area (TPSA) is 67.6 Å². The number of benzene rings is 1. The highest BCUT2D eigenvalue weighted by Gasteiger charge is 2.26. The molecule has 1 aromatic heterocycles. The van der Waals surface area contributed by atoms with Crippen LogP contribution in [0.25, 0.3) is 11.5 Å². The van der Waals surface area contributed by atoms with Gasteiger partial charge in [0, 0.05) is 38.9 Å². The number of aromatic nitrogens is 1. The second-order valence-corrected chi connectivity index (χ2v) is 7.55. The van der Waals surface area contributed by atoms with E-state index in [1.165, 1.54) is 0 Å². The molecule has 2 heterocycles. The molecule has 1 unspecified atom stereocenters. The van der Waals surface area contributed by atoms with E-state index in [0.29, 0.717) is 25.6 Å². The van der Waals surface area contributed by atoms with E-state index < -0.39 is 0 Å². The Bertz CT molecular complexity index is 787. The highest BCUT2D eigenvalue weighted by molar-refractivity contribution is 5.78. The Morgan fingerprint density at radius 3 is 2.96 bits per heavy atom. The maximum absolute atomic E-state index is 12.4. The molecule has 1 aliphatic heterocycles. The van der Waals surface area contributed by atoms with Gasteiger partial charge in [0.1, 0.15) is 5.76 Å². The van der Waals surface area contributed by atoms with Gasteiger partial charge < -0.3 is 14.5 Å². The van der Waals surface area contributed by atoms with Gasteiger partial charge >= 0.3 is 0 Å². The second kappa shape index (κ2) is 9.85. The van der Waals surface area contributed by atoms with Crippen molar-refractivity contribution in [2.75, 3.05) is 33.4 Å². The average Bonchev–Trinajstić information content (AvgIpc) is 3.06. The van der Waals surface area contributed by atoms with Crippen LogP contribution in [0.15, 0.2) is 28.7 Å². The molecule has 28 heavy (non-hydrogen) atoms. The summed E-state index contributed by atoms with van der Waals surface area (Å²) in [5.41, 5.74) is 3.14. The minimum atomic E-state index is 0.0411. The number of carbonyl (C=O) groups is 1. The normalized spacial score (nSPS) is 17.6. The summed E-state index contributed by atoms with van der Waals surface area (Å²) in [5.74, 6) is 1.72. The van der Waals surface area contributed by atoms with Gasteiger partial charge in [0.2, 0.25) is 11.8 Å². The van der Waals surface area contributed by atoms with Crippen LogP contribution in [0.5, 0.6) is 0 Å². The Morgan fingerprint density at radius 2 is 2.18 bits per heavy atom. The summed E-state index contributed by atoms with van der Waals surface area (Å²) in [6, 6.07) is 8.12. The monoisotopic (exact) mass is 385 g/mol. The van der Waals surface area contributed by atoms with Crippen molar-refractivity contribution in [3.05, 3.63) is 41.3 Å². The first kappa shape index (κ1) is 20.6. The zero-order valence-corrected chi connectivity index (χ0v) is 17.2. The molecule has 0 radical (unpaired) electrons. The van der Waals surface area contributed by atoms with Crippen molar-refractivity contribution in [3.8, 4) is 11.5 Å². The van der Waals surface area contributed by atoms with Crippen molar-refractivity contribution in [2.45, 2.75) is 39.7 Å². The van der Waals surface area contributed by atoms with Crippen LogP contribution in [0.4, 0.5) is 0 Å². The Balaban J connectivity index is 1.59. The van der Waals surface area contributed by atoms with Gasteiger partial charge in [0.25, 0.3) is 0 Å². The molecule has 1 amide bonds. The van der Waals surface area contributed by atoms with Crippen LogP contribution in [-0.2, 0) is 16.1 Å². The maximum Gasteiger partial charge on any atom is 0.226 e. The number of nitrogens with one attached hydrogen (secondary N) is 1. The van der Waals surface area contributed by atoms with Gasteiger partial charge in [-0.3, -0.25) is 9.69 Å². The number of oxazole rings is 1. The smallest absolute Gasteiger partial charge is 0.226 e. The molecule has 0 bridgehead atoms. The number of aryl methyl sites for hydroxylation is 2. The highest BCUT2D eigenvalue weighted by Crippen LogP contribution is 2.26. The quantitative estimate of drug-likeness (QED) is 0.706. The lowest BCUT2D eigenvalue weighted by Crippen LogP contribution is -2.43. The van der Waals surface area contributed by atoms with Crippen LogP contribution in [0, 0.1) is 19.8 Å². The number of methoxy groups -OCH3 is 1. The molecule has 1 aliphatic rings. The number of hydrogen-bond donors (Lipinski definition) is 1. The molecule has 1 atom stereocenters. The first-order valence-electron chi connectivity index (χ1n) is 10.1. The summed E-state index contributed by atoms with van der Waals surface area (Å²) >= 11 is 0. The van der Waals surface area contributed by atoms with Crippen molar-refractivity contribution in [1.82, 2.24) is 15.2 Å². The van der Waals surface area contributed by atoms with Gasteiger partial charge in [0.05, 0.1) is 11.6 Å². The number of carbonyl (C=O) groups excluding carboxylic acids is 1. The van der Waals surface area contributed by atoms with Gasteiger partial charge in [-0.1, -0.05) is 18.2 Å². The maximum atomic E-state index is 12.4. The van der Waals surface area contributed by atoms with Gasteiger partial charge in [-0.25, -0.2) is 4.98 Å². The van der Waals surface area contributed by atoms with Crippen LogP contribution in [0.2, 0.25) is 0 Å². The van der Waals surface area contributed by atoms with Crippen molar-refractivity contribution < 1.29 is 13.9 Å². The summed E-state index contributed by atoms with van der Waals surface area (Å²) in [4.78, 5) is 19.5. The van der Waals surface area contributed by atoms with Crippen LogP contribution >= 0.6 is 0 Å². The van der Waals surface area contributed by atoms with Gasteiger partial charge in [-0.2, -0.15) is 0 Å². The fourth-order valence-electron chi connectivity index (χ4n) is 3.70. The van der Waals surface area contributed by atoms with E-state index in [0.717, 1.165) is 54.9 Å². The minimum Gasteiger partial charge on any atom is -0.441 e. The lowest BCUT2D eigenvalue weighted by atomic mass is 9.97. The predicted molar refractivity (Wildman–Crippen MR) is 109 cm³/mol. The fourth-order valence-corrected chi connectivity index (χ4v) is 3.70. The van der Waals surface area contributed by atoms with E-state index in [9.17, 15) is 4.79 Å². The van der Waals surface area contributed by atoms with E-state index in [2.05, 4.69) is 23.2 Å². The summed E-state index contributed by atoms with van der Waals surface area (Å²) in [6.45, 7) is 7.84.